The van der Waals surface area contributed by atoms with Crippen molar-refractivity contribution in [2.24, 2.45) is 5.92 Å². The van der Waals surface area contributed by atoms with Crippen molar-refractivity contribution in [1.82, 2.24) is 5.32 Å². The van der Waals surface area contributed by atoms with Crippen molar-refractivity contribution in [2.45, 2.75) is 31.0 Å². The molecule has 4 heteroatoms. The lowest BCUT2D eigenvalue weighted by Crippen LogP contribution is -2.18. The van der Waals surface area contributed by atoms with Crippen molar-refractivity contribution >= 4 is 11.8 Å². The minimum Gasteiger partial charge on any atom is -0.468 e. The van der Waals surface area contributed by atoms with Crippen molar-refractivity contribution < 1.29 is 8.81 Å². The van der Waals surface area contributed by atoms with Crippen LogP contribution in [-0.4, -0.2) is 6.54 Å². The van der Waals surface area contributed by atoms with Crippen LogP contribution in [0.2, 0.25) is 0 Å². The van der Waals surface area contributed by atoms with Crippen LogP contribution in [0.3, 0.4) is 0 Å². The molecule has 1 N–H and O–H groups in total. The molecular weight excluding hydrogens is 273 g/mol. The standard InChI is InChI=1S/C16H20FNOS/c1-12(2)9-18-10-13-5-6-16(15(17)8-13)20-11-14-4-3-7-19-14/h3-8,12,18H,9-11H2,1-2H3. The molecule has 0 amide bonds. The molecule has 1 aromatic carbocycles. The predicted octanol–water partition coefficient (Wildman–Crippen LogP) is 4.46. The van der Waals surface area contributed by atoms with Gasteiger partial charge in [0.2, 0.25) is 0 Å². The zero-order chi connectivity index (χ0) is 14.4. The van der Waals surface area contributed by atoms with Gasteiger partial charge in [0, 0.05) is 11.4 Å². The van der Waals surface area contributed by atoms with Gasteiger partial charge in [-0.05, 0) is 42.3 Å². The molecule has 0 atom stereocenters. The van der Waals surface area contributed by atoms with Crippen molar-refractivity contribution in [3.8, 4) is 0 Å². The third kappa shape index (κ3) is 4.69. The van der Waals surface area contributed by atoms with Gasteiger partial charge in [0.15, 0.2) is 0 Å². The molecule has 0 fully saturated rings. The number of halogens is 1. The van der Waals surface area contributed by atoms with Crippen LogP contribution in [0.1, 0.15) is 25.2 Å². The summed E-state index contributed by atoms with van der Waals surface area (Å²) in [6, 6.07) is 9.17. The second-order valence-electron chi connectivity index (χ2n) is 5.16. The highest BCUT2D eigenvalue weighted by atomic mass is 32.2. The van der Waals surface area contributed by atoms with Crippen LogP contribution >= 0.6 is 11.8 Å². The van der Waals surface area contributed by atoms with Gasteiger partial charge in [0.05, 0.1) is 12.0 Å². The van der Waals surface area contributed by atoms with E-state index in [9.17, 15) is 4.39 Å². The summed E-state index contributed by atoms with van der Waals surface area (Å²) in [6.07, 6.45) is 1.63. The number of rotatable bonds is 7. The van der Waals surface area contributed by atoms with E-state index in [1.165, 1.54) is 11.8 Å². The quantitative estimate of drug-likeness (QED) is 0.763. The largest absolute Gasteiger partial charge is 0.468 e. The van der Waals surface area contributed by atoms with Gasteiger partial charge in [-0.2, -0.15) is 0 Å². The van der Waals surface area contributed by atoms with Gasteiger partial charge in [-0.3, -0.25) is 0 Å². The lowest BCUT2D eigenvalue weighted by Gasteiger charge is -2.09. The predicted molar refractivity (Wildman–Crippen MR) is 81.2 cm³/mol. The number of thioether (sulfide) groups is 1. The molecule has 0 spiro atoms. The number of nitrogens with one attached hydrogen (secondary N) is 1. The number of furan rings is 1. The molecule has 0 saturated heterocycles. The van der Waals surface area contributed by atoms with Crippen molar-refractivity contribution in [2.75, 3.05) is 6.54 Å². The summed E-state index contributed by atoms with van der Waals surface area (Å²) in [6.45, 7) is 5.96. The van der Waals surface area contributed by atoms with E-state index < -0.39 is 0 Å². The van der Waals surface area contributed by atoms with E-state index in [0.717, 1.165) is 17.9 Å². The van der Waals surface area contributed by atoms with Crippen molar-refractivity contribution in [1.29, 1.82) is 0 Å². The van der Waals surface area contributed by atoms with Crippen molar-refractivity contribution in [3.05, 3.63) is 53.7 Å². The molecule has 0 aliphatic heterocycles. The lowest BCUT2D eigenvalue weighted by molar-refractivity contribution is 0.530. The van der Waals surface area contributed by atoms with E-state index >= 15 is 0 Å². The Balaban J connectivity index is 1.88. The Hall–Kier alpha value is -1.26. The molecule has 20 heavy (non-hydrogen) atoms. The summed E-state index contributed by atoms with van der Waals surface area (Å²) in [4.78, 5) is 0.661. The van der Waals surface area contributed by atoms with Crippen LogP contribution in [0.5, 0.6) is 0 Å². The highest BCUT2D eigenvalue weighted by Crippen LogP contribution is 2.26. The first kappa shape index (κ1) is 15.1. The fourth-order valence-electron chi connectivity index (χ4n) is 1.82. The second kappa shape index (κ2) is 7.50. The highest BCUT2D eigenvalue weighted by Gasteiger charge is 2.06. The fourth-order valence-corrected chi connectivity index (χ4v) is 2.64. The molecule has 0 radical (unpaired) electrons. The second-order valence-corrected chi connectivity index (χ2v) is 6.17. The van der Waals surface area contributed by atoms with Crippen LogP contribution in [0.4, 0.5) is 4.39 Å². The molecule has 1 aromatic heterocycles. The Morgan fingerprint density at radius 2 is 2.15 bits per heavy atom. The molecule has 1 heterocycles. The fraction of sp³-hybridized carbons (Fsp3) is 0.375. The SMILES string of the molecule is CC(C)CNCc1ccc(SCc2ccco2)c(F)c1. The molecule has 2 nitrogen and oxygen atoms in total. The van der Waals surface area contributed by atoms with Crippen LogP contribution < -0.4 is 5.32 Å². The molecule has 0 bridgehead atoms. The monoisotopic (exact) mass is 293 g/mol. The number of hydrogen-bond donors (Lipinski definition) is 1. The van der Waals surface area contributed by atoms with Crippen LogP contribution in [0, 0.1) is 11.7 Å². The van der Waals surface area contributed by atoms with E-state index in [1.54, 1.807) is 12.3 Å². The third-order valence-corrected chi connectivity index (χ3v) is 3.90. The minimum absolute atomic E-state index is 0.162. The Bertz CT molecular complexity index is 525. The van der Waals surface area contributed by atoms with E-state index in [0.29, 0.717) is 23.1 Å². The number of benzene rings is 1. The molecular formula is C16H20FNOS. The Kier molecular flexibility index (Phi) is 5.68. The van der Waals surface area contributed by atoms with E-state index in [1.807, 2.05) is 24.3 Å². The maximum Gasteiger partial charge on any atom is 0.137 e. The molecule has 2 rings (SSSR count). The molecule has 0 aliphatic carbocycles. The molecule has 2 aromatic rings. The summed E-state index contributed by atoms with van der Waals surface area (Å²) < 4.78 is 19.2. The molecule has 108 valence electrons. The average Bonchev–Trinajstić information content (AvgIpc) is 2.90. The van der Waals surface area contributed by atoms with Gasteiger partial charge in [-0.1, -0.05) is 19.9 Å². The summed E-state index contributed by atoms with van der Waals surface area (Å²) >= 11 is 1.45. The van der Waals surface area contributed by atoms with Crippen molar-refractivity contribution in [3.63, 3.8) is 0 Å². The lowest BCUT2D eigenvalue weighted by atomic mass is 10.2. The first-order valence-corrected chi connectivity index (χ1v) is 7.78. The first-order valence-electron chi connectivity index (χ1n) is 6.79. The molecule has 0 aliphatic rings. The summed E-state index contributed by atoms with van der Waals surface area (Å²) in [5.74, 6) is 1.94. The maximum atomic E-state index is 14.0. The van der Waals surface area contributed by atoms with Gasteiger partial charge >= 0.3 is 0 Å². The van der Waals surface area contributed by atoms with Crippen LogP contribution in [-0.2, 0) is 12.3 Å². The number of hydrogen-bond acceptors (Lipinski definition) is 3. The minimum atomic E-state index is -0.162. The first-order chi connectivity index (χ1) is 9.65. The van der Waals surface area contributed by atoms with Gasteiger partial charge in [0.25, 0.3) is 0 Å². The van der Waals surface area contributed by atoms with Crippen LogP contribution in [0.25, 0.3) is 0 Å². The molecule has 0 saturated carbocycles. The maximum absolute atomic E-state index is 14.0. The summed E-state index contributed by atoms with van der Waals surface area (Å²) in [7, 11) is 0. The summed E-state index contributed by atoms with van der Waals surface area (Å²) in [5, 5.41) is 3.31. The average molecular weight is 293 g/mol. The van der Waals surface area contributed by atoms with E-state index in [2.05, 4.69) is 19.2 Å². The van der Waals surface area contributed by atoms with Gasteiger partial charge < -0.3 is 9.73 Å². The highest BCUT2D eigenvalue weighted by molar-refractivity contribution is 7.98. The van der Waals surface area contributed by atoms with Crippen LogP contribution in [0.15, 0.2) is 45.9 Å². The zero-order valence-electron chi connectivity index (χ0n) is 11.9. The topological polar surface area (TPSA) is 25.2 Å². The van der Waals surface area contributed by atoms with Gasteiger partial charge in [0.1, 0.15) is 11.6 Å². The third-order valence-electron chi connectivity index (χ3n) is 2.83. The Labute approximate surface area is 123 Å². The Morgan fingerprint density at radius 1 is 1.30 bits per heavy atom. The summed E-state index contributed by atoms with van der Waals surface area (Å²) in [5.41, 5.74) is 0.977. The van der Waals surface area contributed by atoms with E-state index in [4.69, 9.17) is 4.42 Å². The normalized spacial score (nSPS) is 11.2. The van der Waals surface area contributed by atoms with E-state index in [-0.39, 0.29) is 5.82 Å². The Morgan fingerprint density at radius 3 is 2.80 bits per heavy atom. The van der Waals surface area contributed by atoms with Gasteiger partial charge in [-0.25, -0.2) is 4.39 Å². The smallest absolute Gasteiger partial charge is 0.137 e. The zero-order valence-corrected chi connectivity index (χ0v) is 12.7. The molecule has 0 unspecified atom stereocenters. The van der Waals surface area contributed by atoms with Gasteiger partial charge in [-0.15, -0.1) is 11.8 Å².